The zero-order valence-electron chi connectivity index (χ0n) is 25.5. The summed E-state index contributed by atoms with van der Waals surface area (Å²) >= 11 is 7.08. The first-order chi connectivity index (χ1) is 20.0. The van der Waals surface area contributed by atoms with Gasteiger partial charge in [-0.15, -0.1) is 34.0 Å². The fourth-order valence-corrected chi connectivity index (χ4v) is 21.5. The second-order valence-electron chi connectivity index (χ2n) is 12.4. The predicted molar refractivity (Wildman–Crippen MR) is 189 cm³/mol. The maximum absolute atomic E-state index is 13.7. The maximum atomic E-state index is 13.7. The first kappa shape index (κ1) is 28.8. The molecule has 3 aromatic rings. The molecule has 0 radical (unpaired) electrons. The second kappa shape index (κ2) is 9.77. The number of Topliss-reactive ketones (excluding diaryl/α,β-unsaturated/α-hetero) is 1. The lowest BCUT2D eigenvalue weighted by Crippen LogP contribution is -2.48. The number of nitrogens with zero attached hydrogens (tertiary/aromatic N) is 2. The number of ketones is 1. The van der Waals surface area contributed by atoms with Gasteiger partial charge in [0, 0.05) is 58.9 Å². The van der Waals surface area contributed by atoms with E-state index in [4.69, 9.17) is 0 Å². The molecule has 0 N–H and O–H groups in total. The number of thioether (sulfide) groups is 1. The van der Waals surface area contributed by atoms with Crippen LogP contribution in [0.15, 0.2) is 35.2 Å². The van der Waals surface area contributed by atoms with Crippen LogP contribution in [0.1, 0.15) is 32.6 Å². The number of hydrogen-bond acceptors (Lipinski definition) is 7. The zero-order chi connectivity index (χ0) is 29.9. The van der Waals surface area contributed by atoms with Gasteiger partial charge in [-0.05, 0) is 78.4 Å². The van der Waals surface area contributed by atoms with Gasteiger partial charge < -0.3 is 10.0 Å². The fourth-order valence-electron chi connectivity index (χ4n) is 6.83. The van der Waals surface area contributed by atoms with Gasteiger partial charge in [0.05, 0.1) is 5.00 Å². The van der Waals surface area contributed by atoms with Crippen molar-refractivity contribution in [3.8, 4) is 9.75 Å². The van der Waals surface area contributed by atoms with Crippen LogP contribution >= 0.6 is 45.8 Å². The van der Waals surface area contributed by atoms with Gasteiger partial charge in [-0.3, -0.25) is 4.79 Å². The molecule has 0 aromatic carbocycles. The van der Waals surface area contributed by atoms with Crippen LogP contribution in [0.2, 0.25) is 26.2 Å². The van der Waals surface area contributed by atoms with E-state index in [0.29, 0.717) is 11.1 Å². The maximum Gasteiger partial charge on any atom is 0.239 e. The predicted octanol–water partition coefficient (Wildman–Crippen LogP) is 3.73. The van der Waals surface area contributed by atoms with Crippen molar-refractivity contribution in [3.05, 3.63) is 49.2 Å². The van der Waals surface area contributed by atoms with Crippen LogP contribution in [0.3, 0.4) is 0 Å². The van der Waals surface area contributed by atoms with E-state index in [1.54, 1.807) is 22.7 Å². The quantitative estimate of drug-likeness (QED) is 0.298. The molecule has 0 amide bonds. The minimum atomic E-state index is -1.88. The van der Waals surface area contributed by atoms with Crippen LogP contribution in [-0.2, 0) is 4.79 Å². The van der Waals surface area contributed by atoms with Crippen molar-refractivity contribution >= 4 is 109 Å². The Morgan fingerprint density at radius 1 is 0.833 bits per heavy atom. The molecule has 0 bridgehead atoms. The Balaban J connectivity index is 1.31. The Morgan fingerprint density at radius 2 is 1.50 bits per heavy atom. The summed E-state index contributed by atoms with van der Waals surface area (Å²) in [6, 6.07) is 6.79. The molecule has 0 saturated heterocycles. The van der Waals surface area contributed by atoms with Gasteiger partial charge in [-0.1, -0.05) is 31.9 Å². The highest BCUT2D eigenvalue weighted by molar-refractivity contribution is 8.22. The van der Waals surface area contributed by atoms with Gasteiger partial charge in [0.15, 0.2) is 5.78 Å². The molecule has 218 valence electrons. The standard InChI is InChI=1S/C32H36N2O2S4Si2/c1-9-33(10-2)23-15-21-31(39-23)29-19(41(21,5)6)13-17(37-29)25-27(35)26(28(25)36)18-14-20-30(38-18)32-22(42(20,7)8)16-24(40-32)34(11-3)12-4/h13-16H,9-12H2,1-8H3. The third-order valence-electron chi connectivity index (χ3n) is 9.56. The molecule has 42 heavy (non-hydrogen) atoms. The number of carbonyl (C=O) groups excluding carboxylic acids is 1. The number of rotatable bonds is 6. The van der Waals surface area contributed by atoms with Crippen molar-refractivity contribution in [2.75, 3.05) is 31.1 Å². The summed E-state index contributed by atoms with van der Waals surface area (Å²) in [5, 5.41) is 22.2. The van der Waals surface area contributed by atoms with E-state index in [9.17, 15) is 9.90 Å². The molecule has 0 atom stereocenters. The molecule has 0 fully saturated rings. The van der Waals surface area contributed by atoms with Crippen LogP contribution in [0.5, 0.6) is 0 Å². The molecule has 1 aliphatic carbocycles. The largest absolute Gasteiger partial charge is 0.871 e. The van der Waals surface area contributed by atoms with Crippen molar-refractivity contribution < 1.29 is 14.5 Å². The smallest absolute Gasteiger partial charge is 0.239 e. The lowest BCUT2D eigenvalue weighted by molar-refractivity contribution is -0.517. The normalized spacial score (nSPS) is 20.5. The molecule has 0 saturated carbocycles. The van der Waals surface area contributed by atoms with Crippen molar-refractivity contribution in [2.24, 2.45) is 0 Å². The number of fused-ring (bicyclic) bond motifs is 5. The highest BCUT2D eigenvalue weighted by Gasteiger charge is 2.45. The molecule has 3 aromatic heterocycles. The minimum Gasteiger partial charge on any atom is -0.871 e. The Bertz CT molecular complexity index is 1940. The van der Waals surface area contributed by atoms with Crippen LogP contribution in [-0.4, -0.2) is 57.7 Å². The molecule has 0 spiro atoms. The van der Waals surface area contributed by atoms with Gasteiger partial charge in [0.2, 0.25) is 5.04 Å². The first-order valence-corrected chi connectivity index (χ1v) is 24.2. The highest BCUT2D eigenvalue weighted by Crippen LogP contribution is 2.46. The third-order valence-corrected chi connectivity index (χ3v) is 22.3. The Labute approximate surface area is 266 Å². The summed E-state index contributed by atoms with van der Waals surface area (Å²) in [5.41, 5.74) is 0.809. The number of anilines is 1. The Kier molecular flexibility index (Phi) is 6.70. The lowest BCUT2D eigenvalue weighted by Gasteiger charge is -2.29. The van der Waals surface area contributed by atoms with E-state index >= 15 is 0 Å². The fraction of sp³-hybridized carbons (Fsp3) is 0.375. The van der Waals surface area contributed by atoms with Gasteiger partial charge in [-0.25, -0.2) is 4.58 Å². The SMILES string of the molecule is CCN(CC)c1cc2c(s1)-c1sc(C3=C([O-])/C(=c4\cc5c(s4)=C4SC(=[N+](CC)CC)C=C4[Si]5(C)C)C3=O)cc1[Si]2(C)C. The molecular weight excluding hydrogens is 629 g/mol. The van der Waals surface area contributed by atoms with Crippen molar-refractivity contribution in [2.45, 2.75) is 53.9 Å². The number of allylic oxidation sites excluding steroid dienone is 2. The van der Waals surface area contributed by atoms with Crippen molar-refractivity contribution in [1.82, 2.24) is 0 Å². The van der Waals surface area contributed by atoms with E-state index in [1.807, 2.05) is 23.1 Å². The van der Waals surface area contributed by atoms with Crippen LogP contribution in [0.4, 0.5) is 5.00 Å². The summed E-state index contributed by atoms with van der Waals surface area (Å²) in [4.78, 5) is 21.0. The third kappa shape index (κ3) is 3.75. The summed E-state index contributed by atoms with van der Waals surface area (Å²) in [7, 11) is -3.76. The summed E-state index contributed by atoms with van der Waals surface area (Å²) in [5.74, 6) is -0.131. The minimum absolute atomic E-state index is 0.0655. The average molecular weight is 665 g/mol. The second-order valence-corrected chi connectivity index (χ2v) is 25.2. The zero-order valence-corrected chi connectivity index (χ0v) is 30.7. The molecule has 7 rings (SSSR count). The highest BCUT2D eigenvalue weighted by atomic mass is 32.2. The summed E-state index contributed by atoms with van der Waals surface area (Å²) < 4.78 is 4.58. The van der Waals surface area contributed by atoms with Crippen LogP contribution in [0, 0.1) is 0 Å². The van der Waals surface area contributed by atoms with E-state index in [0.717, 1.165) is 35.6 Å². The average Bonchev–Trinajstić information content (AvgIpc) is 3.77. The molecule has 0 unspecified atom stereocenters. The van der Waals surface area contributed by atoms with E-state index < -0.39 is 16.1 Å². The van der Waals surface area contributed by atoms with Crippen LogP contribution < -0.4 is 34.6 Å². The van der Waals surface area contributed by atoms with Gasteiger partial charge in [-0.2, -0.15) is 0 Å². The monoisotopic (exact) mass is 664 g/mol. The van der Waals surface area contributed by atoms with E-state index in [1.165, 1.54) is 50.0 Å². The molecule has 4 aliphatic rings. The first-order valence-electron chi connectivity index (χ1n) is 14.9. The summed E-state index contributed by atoms with van der Waals surface area (Å²) in [6.45, 7) is 22.4. The molecular formula is C32H36N2O2S4Si2. The number of thiophene rings is 3. The Hall–Kier alpha value is -1.96. The van der Waals surface area contributed by atoms with Gasteiger partial charge >= 0.3 is 0 Å². The van der Waals surface area contributed by atoms with Crippen LogP contribution in [0.25, 0.3) is 25.8 Å². The van der Waals surface area contributed by atoms with Crippen molar-refractivity contribution in [3.63, 3.8) is 0 Å². The van der Waals surface area contributed by atoms with Gasteiger partial charge in [0.25, 0.3) is 0 Å². The molecule has 6 heterocycles. The summed E-state index contributed by atoms with van der Waals surface area (Å²) in [6.07, 6.45) is 2.41. The van der Waals surface area contributed by atoms with Crippen molar-refractivity contribution in [1.29, 1.82) is 0 Å². The van der Waals surface area contributed by atoms with Gasteiger partial charge in [0.1, 0.15) is 29.2 Å². The topological polar surface area (TPSA) is 46.4 Å². The molecule has 10 heteroatoms. The number of hydrogen-bond donors (Lipinski definition) is 0. The van der Waals surface area contributed by atoms with E-state index in [2.05, 4.69) is 87.6 Å². The number of carbonyl (C=O) groups is 1. The molecule has 3 aliphatic heterocycles. The molecule has 4 nitrogen and oxygen atoms in total. The van der Waals surface area contributed by atoms with E-state index in [-0.39, 0.29) is 11.5 Å². The Morgan fingerprint density at radius 3 is 2.14 bits per heavy atom. The lowest BCUT2D eigenvalue weighted by atomic mass is 9.87.